The summed E-state index contributed by atoms with van der Waals surface area (Å²) in [4.78, 5) is 15.4. The van der Waals surface area contributed by atoms with Gasteiger partial charge in [-0.2, -0.15) is 0 Å². The van der Waals surface area contributed by atoms with Crippen molar-refractivity contribution in [1.29, 1.82) is 0 Å². The molecule has 0 radical (unpaired) electrons. The maximum absolute atomic E-state index is 11.3. The number of aromatic nitrogens is 1. The number of pyridine rings is 1. The number of hydrogen-bond donors (Lipinski definition) is 2. The van der Waals surface area contributed by atoms with E-state index >= 15 is 0 Å². The fourth-order valence-corrected chi connectivity index (χ4v) is 1.33. The van der Waals surface area contributed by atoms with Crippen molar-refractivity contribution in [3.63, 3.8) is 0 Å². The lowest BCUT2D eigenvalue weighted by molar-refractivity contribution is 0.0530. The Balaban J connectivity index is 2.21. The number of anilines is 1. The number of carbonyl (C=O) groups excluding carboxylic acids is 1. The number of rotatable bonds is 4. The second kappa shape index (κ2) is 6.44. The third kappa shape index (κ3) is 6.30. The number of carbonyl (C=O) groups is 1. The first kappa shape index (κ1) is 14.6. The lowest BCUT2D eigenvalue weighted by Crippen LogP contribution is -2.35. The monoisotopic (exact) mass is 271 g/mol. The molecule has 0 saturated carbocycles. The Bertz CT molecular complexity index is 405. The summed E-state index contributed by atoms with van der Waals surface area (Å²) < 4.78 is 5.09. The van der Waals surface area contributed by atoms with E-state index in [2.05, 4.69) is 15.6 Å². The van der Waals surface area contributed by atoms with Gasteiger partial charge in [0.15, 0.2) is 0 Å². The van der Waals surface area contributed by atoms with Gasteiger partial charge in [0, 0.05) is 24.3 Å². The molecule has 1 aromatic rings. The second-order valence-electron chi connectivity index (χ2n) is 4.71. The van der Waals surface area contributed by atoms with Gasteiger partial charge in [0.1, 0.15) is 11.4 Å². The van der Waals surface area contributed by atoms with Crippen LogP contribution in [-0.2, 0) is 4.74 Å². The maximum atomic E-state index is 11.3. The molecule has 0 aliphatic rings. The summed E-state index contributed by atoms with van der Waals surface area (Å²) in [6.07, 6.45) is 1.19. The van der Waals surface area contributed by atoms with E-state index in [4.69, 9.17) is 16.3 Å². The molecule has 18 heavy (non-hydrogen) atoms. The first-order valence-corrected chi connectivity index (χ1v) is 6.07. The molecule has 0 fully saturated rings. The minimum absolute atomic E-state index is 0.427. The van der Waals surface area contributed by atoms with Gasteiger partial charge in [0.2, 0.25) is 0 Å². The Morgan fingerprint density at radius 3 is 2.78 bits per heavy atom. The van der Waals surface area contributed by atoms with Crippen LogP contribution in [0.25, 0.3) is 0 Å². The van der Waals surface area contributed by atoms with Crippen molar-refractivity contribution in [2.45, 2.75) is 26.4 Å². The number of ether oxygens (including phenoxy) is 1. The number of nitrogens with one attached hydrogen (secondary N) is 2. The molecule has 100 valence electrons. The number of halogens is 1. The highest BCUT2D eigenvalue weighted by Gasteiger charge is 2.15. The summed E-state index contributed by atoms with van der Waals surface area (Å²) in [7, 11) is 0. The van der Waals surface area contributed by atoms with Crippen LogP contribution in [0.5, 0.6) is 0 Å². The van der Waals surface area contributed by atoms with Crippen molar-refractivity contribution in [2.24, 2.45) is 0 Å². The topological polar surface area (TPSA) is 63.2 Å². The van der Waals surface area contributed by atoms with Crippen LogP contribution in [0.15, 0.2) is 18.3 Å². The average Bonchev–Trinajstić information content (AvgIpc) is 2.22. The fourth-order valence-electron chi connectivity index (χ4n) is 1.17. The molecule has 1 rings (SSSR count). The Morgan fingerprint density at radius 2 is 2.17 bits per heavy atom. The Morgan fingerprint density at radius 1 is 1.44 bits per heavy atom. The number of alkyl carbamates (subject to hydrolysis) is 1. The molecule has 0 aliphatic heterocycles. The highest BCUT2D eigenvalue weighted by atomic mass is 35.5. The van der Waals surface area contributed by atoms with Crippen LogP contribution >= 0.6 is 11.6 Å². The zero-order valence-electron chi connectivity index (χ0n) is 10.8. The smallest absolute Gasteiger partial charge is 0.407 e. The zero-order valence-corrected chi connectivity index (χ0v) is 11.5. The van der Waals surface area contributed by atoms with E-state index in [9.17, 15) is 4.79 Å². The Hall–Kier alpha value is -1.49. The van der Waals surface area contributed by atoms with Gasteiger partial charge in [0.05, 0.1) is 0 Å². The van der Waals surface area contributed by atoms with E-state index in [0.29, 0.717) is 23.9 Å². The Labute approximate surface area is 112 Å². The summed E-state index contributed by atoms with van der Waals surface area (Å²) in [5, 5.41) is 6.30. The predicted octanol–water partition coefficient (Wildman–Crippen LogP) is 2.67. The van der Waals surface area contributed by atoms with Crippen LogP contribution in [0, 0.1) is 0 Å². The van der Waals surface area contributed by atoms with Gasteiger partial charge in [-0.05, 0) is 32.9 Å². The van der Waals surface area contributed by atoms with Crippen molar-refractivity contribution in [3.05, 3.63) is 23.4 Å². The lowest BCUT2D eigenvalue weighted by atomic mass is 10.2. The molecule has 2 N–H and O–H groups in total. The molecule has 0 aliphatic carbocycles. The molecule has 0 bridgehead atoms. The van der Waals surface area contributed by atoms with E-state index in [-0.39, 0.29) is 0 Å². The number of amides is 1. The summed E-state index contributed by atoms with van der Waals surface area (Å²) in [6.45, 7) is 6.46. The van der Waals surface area contributed by atoms with Gasteiger partial charge in [-0.15, -0.1) is 0 Å². The van der Waals surface area contributed by atoms with Crippen molar-refractivity contribution in [1.82, 2.24) is 10.3 Å². The SMILES string of the molecule is CC(C)(C)OC(=O)NCCNc1cc(Cl)ccn1. The predicted molar refractivity (Wildman–Crippen MR) is 72.0 cm³/mol. The van der Waals surface area contributed by atoms with E-state index in [0.717, 1.165) is 0 Å². The lowest BCUT2D eigenvalue weighted by Gasteiger charge is -2.19. The summed E-state index contributed by atoms with van der Waals surface area (Å²) >= 11 is 5.81. The molecule has 0 unspecified atom stereocenters. The first-order valence-electron chi connectivity index (χ1n) is 5.69. The number of hydrogen-bond acceptors (Lipinski definition) is 4. The highest BCUT2D eigenvalue weighted by Crippen LogP contribution is 2.11. The van der Waals surface area contributed by atoms with Gasteiger partial charge in [-0.1, -0.05) is 11.6 Å². The minimum Gasteiger partial charge on any atom is -0.444 e. The molecule has 1 heterocycles. The van der Waals surface area contributed by atoms with Crippen LogP contribution in [0.4, 0.5) is 10.6 Å². The van der Waals surface area contributed by atoms with Gasteiger partial charge in [-0.25, -0.2) is 9.78 Å². The van der Waals surface area contributed by atoms with Crippen LogP contribution < -0.4 is 10.6 Å². The molecular weight excluding hydrogens is 254 g/mol. The summed E-state index contributed by atoms with van der Waals surface area (Å²) in [6, 6.07) is 3.42. The normalized spacial score (nSPS) is 10.9. The van der Waals surface area contributed by atoms with E-state index in [1.807, 2.05) is 20.8 Å². The second-order valence-corrected chi connectivity index (χ2v) is 5.15. The van der Waals surface area contributed by atoms with Gasteiger partial charge < -0.3 is 15.4 Å². The summed E-state index contributed by atoms with van der Waals surface area (Å²) in [5.74, 6) is 0.675. The van der Waals surface area contributed by atoms with Crippen LogP contribution in [0.1, 0.15) is 20.8 Å². The first-order chi connectivity index (χ1) is 8.37. The van der Waals surface area contributed by atoms with Gasteiger partial charge in [0.25, 0.3) is 0 Å². The van der Waals surface area contributed by atoms with Crippen LogP contribution in [-0.4, -0.2) is 29.8 Å². The van der Waals surface area contributed by atoms with Gasteiger partial charge >= 0.3 is 6.09 Å². The molecule has 0 atom stereocenters. The van der Waals surface area contributed by atoms with E-state index in [1.54, 1.807) is 18.3 Å². The number of nitrogens with zero attached hydrogens (tertiary/aromatic N) is 1. The molecule has 1 amide bonds. The van der Waals surface area contributed by atoms with Crippen molar-refractivity contribution in [2.75, 3.05) is 18.4 Å². The van der Waals surface area contributed by atoms with E-state index < -0.39 is 11.7 Å². The molecule has 0 spiro atoms. The molecule has 1 aromatic heterocycles. The maximum Gasteiger partial charge on any atom is 0.407 e. The fraction of sp³-hybridized carbons (Fsp3) is 0.500. The van der Waals surface area contributed by atoms with Crippen molar-refractivity contribution in [3.8, 4) is 0 Å². The third-order valence-electron chi connectivity index (χ3n) is 1.82. The third-order valence-corrected chi connectivity index (χ3v) is 2.06. The molecule has 0 aromatic carbocycles. The minimum atomic E-state index is -0.480. The Kier molecular flexibility index (Phi) is 5.22. The molecule has 6 heteroatoms. The largest absolute Gasteiger partial charge is 0.444 e. The quantitative estimate of drug-likeness (QED) is 0.827. The van der Waals surface area contributed by atoms with Crippen LogP contribution in [0.2, 0.25) is 5.02 Å². The van der Waals surface area contributed by atoms with E-state index in [1.165, 1.54) is 0 Å². The highest BCUT2D eigenvalue weighted by molar-refractivity contribution is 6.30. The molecule has 5 nitrogen and oxygen atoms in total. The van der Waals surface area contributed by atoms with Crippen LogP contribution in [0.3, 0.4) is 0 Å². The standard InChI is InChI=1S/C12H18ClN3O2/c1-12(2,3)18-11(17)16-7-6-15-10-8-9(13)4-5-14-10/h4-5,8H,6-7H2,1-3H3,(H,14,15)(H,16,17). The molecule has 0 saturated heterocycles. The molecular formula is C12H18ClN3O2. The van der Waals surface area contributed by atoms with Crippen molar-refractivity contribution < 1.29 is 9.53 Å². The van der Waals surface area contributed by atoms with Gasteiger partial charge in [-0.3, -0.25) is 0 Å². The van der Waals surface area contributed by atoms with Crippen molar-refractivity contribution >= 4 is 23.5 Å². The zero-order chi connectivity index (χ0) is 13.6. The summed E-state index contributed by atoms with van der Waals surface area (Å²) in [5.41, 5.74) is -0.480. The average molecular weight is 272 g/mol.